The minimum Gasteiger partial charge on any atom is -0.362 e. The maximum Gasteiger partial charge on any atom is 0.253 e. The van der Waals surface area contributed by atoms with Crippen molar-refractivity contribution in [3.63, 3.8) is 0 Å². The van der Waals surface area contributed by atoms with E-state index in [2.05, 4.69) is 22.8 Å². The third kappa shape index (κ3) is 4.97. The van der Waals surface area contributed by atoms with Crippen LogP contribution in [0.25, 0.3) is 5.70 Å². The monoisotopic (exact) mass is 459 g/mol. The van der Waals surface area contributed by atoms with Crippen LogP contribution < -0.4 is 10.6 Å². The number of carbonyl (C=O) groups excluding carboxylic acids is 1. The highest BCUT2D eigenvalue weighted by molar-refractivity contribution is 6.32. The molecule has 2 aromatic carbocycles. The first kappa shape index (κ1) is 22.7. The molecule has 33 heavy (non-hydrogen) atoms. The molecule has 2 N–H and O–H groups in total. The van der Waals surface area contributed by atoms with Crippen molar-refractivity contribution in [1.29, 1.82) is 10.5 Å². The number of halogens is 1. The van der Waals surface area contributed by atoms with Crippen molar-refractivity contribution in [3.05, 3.63) is 75.4 Å². The third-order valence-corrected chi connectivity index (χ3v) is 6.73. The minimum atomic E-state index is -0.0906. The molecular formula is C26H26ClN5O. The maximum atomic E-state index is 13.3. The van der Waals surface area contributed by atoms with Crippen LogP contribution in [0.1, 0.15) is 64.2 Å². The molecule has 2 aliphatic rings. The molecule has 1 fully saturated rings. The van der Waals surface area contributed by atoms with Crippen LogP contribution in [0.2, 0.25) is 0 Å². The van der Waals surface area contributed by atoms with Crippen LogP contribution in [0.3, 0.4) is 0 Å². The van der Waals surface area contributed by atoms with Gasteiger partial charge in [-0.3, -0.25) is 4.79 Å². The molecule has 0 aromatic heterocycles. The van der Waals surface area contributed by atoms with Crippen LogP contribution in [-0.2, 0) is 0 Å². The number of hydrogen-bond acceptors (Lipinski definition) is 5. The van der Waals surface area contributed by atoms with Crippen molar-refractivity contribution in [2.75, 3.05) is 13.1 Å². The smallest absolute Gasteiger partial charge is 0.253 e. The molecule has 1 amide bonds. The van der Waals surface area contributed by atoms with Gasteiger partial charge < -0.3 is 15.5 Å². The van der Waals surface area contributed by atoms with Crippen LogP contribution in [0.15, 0.2) is 47.6 Å². The summed E-state index contributed by atoms with van der Waals surface area (Å²) >= 11 is 6.44. The van der Waals surface area contributed by atoms with E-state index in [0.29, 0.717) is 48.1 Å². The summed E-state index contributed by atoms with van der Waals surface area (Å²) in [4.78, 5) is 15.2. The number of likely N-dealkylation sites (tertiary alicyclic amines) is 1. The van der Waals surface area contributed by atoms with Crippen molar-refractivity contribution < 1.29 is 4.79 Å². The van der Waals surface area contributed by atoms with Gasteiger partial charge in [0.05, 0.1) is 29.6 Å². The molecular weight excluding hydrogens is 434 g/mol. The summed E-state index contributed by atoms with van der Waals surface area (Å²) in [7, 11) is 0. The minimum absolute atomic E-state index is 0.0261. The third-order valence-electron chi connectivity index (χ3n) is 6.43. The highest BCUT2D eigenvalue weighted by Gasteiger charge is 2.27. The fraction of sp³-hybridized carbons (Fsp3) is 0.346. The van der Waals surface area contributed by atoms with Gasteiger partial charge in [0.15, 0.2) is 0 Å². The molecule has 0 bridgehead atoms. The Morgan fingerprint density at radius 3 is 2.52 bits per heavy atom. The van der Waals surface area contributed by atoms with Crippen molar-refractivity contribution in [3.8, 4) is 12.1 Å². The first-order valence-corrected chi connectivity index (χ1v) is 11.6. The quantitative estimate of drug-likeness (QED) is 0.639. The molecule has 7 heteroatoms. The van der Waals surface area contributed by atoms with Crippen LogP contribution in [-0.4, -0.2) is 30.1 Å². The Kier molecular flexibility index (Phi) is 6.87. The van der Waals surface area contributed by atoms with E-state index in [9.17, 15) is 4.79 Å². The number of carbonyl (C=O) groups is 1. The molecule has 2 aliphatic heterocycles. The average Bonchev–Trinajstić information content (AvgIpc) is 3.22. The zero-order valence-electron chi connectivity index (χ0n) is 18.6. The van der Waals surface area contributed by atoms with Crippen LogP contribution in [0.4, 0.5) is 0 Å². The molecule has 2 heterocycles. The molecule has 1 saturated heterocycles. The SMILES string of the molecule is Cc1ccc(C(=O)N2CCC(c3ccc(C#N)cc3)CC2)cc1C1=C(Cl)NC(CCC#N)N1. The highest BCUT2D eigenvalue weighted by atomic mass is 35.5. The van der Waals surface area contributed by atoms with E-state index < -0.39 is 0 Å². The zero-order valence-corrected chi connectivity index (χ0v) is 19.3. The summed E-state index contributed by atoms with van der Waals surface area (Å²) in [6, 6.07) is 17.8. The van der Waals surface area contributed by atoms with Gasteiger partial charge in [-0.2, -0.15) is 10.5 Å². The van der Waals surface area contributed by atoms with Gasteiger partial charge in [0.2, 0.25) is 0 Å². The van der Waals surface area contributed by atoms with E-state index >= 15 is 0 Å². The molecule has 2 aromatic rings. The molecule has 0 spiro atoms. The summed E-state index contributed by atoms with van der Waals surface area (Å²) in [5.74, 6) is 0.427. The standard InChI is InChI=1S/C26H26ClN5O/c1-17-4-7-21(15-22(17)24-25(27)31-23(30-24)3-2-12-28)26(33)32-13-10-20(11-14-32)19-8-5-18(16-29)6-9-19/h4-9,15,20,23,30-31H,2-3,10-11,13-14H2,1H3. The molecule has 0 saturated carbocycles. The predicted octanol–water partition coefficient (Wildman–Crippen LogP) is 4.57. The van der Waals surface area contributed by atoms with Gasteiger partial charge in [-0.05, 0) is 67.5 Å². The van der Waals surface area contributed by atoms with Gasteiger partial charge in [0, 0.05) is 30.6 Å². The maximum absolute atomic E-state index is 13.3. The lowest BCUT2D eigenvalue weighted by Gasteiger charge is -2.32. The van der Waals surface area contributed by atoms with Crippen LogP contribution in [0.5, 0.6) is 0 Å². The van der Waals surface area contributed by atoms with Crippen molar-refractivity contribution in [2.24, 2.45) is 0 Å². The van der Waals surface area contributed by atoms with E-state index in [1.54, 1.807) is 0 Å². The average molecular weight is 460 g/mol. The van der Waals surface area contributed by atoms with Gasteiger partial charge in [0.25, 0.3) is 5.91 Å². The van der Waals surface area contributed by atoms with Crippen molar-refractivity contribution in [1.82, 2.24) is 15.5 Å². The second-order valence-corrected chi connectivity index (χ2v) is 8.93. The molecule has 0 radical (unpaired) electrons. The van der Waals surface area contributed by atoms with Gasteiger partial charge in [0.1, 0.15) is 5.16 Å². The van der Waals surface area contributed by atoms with Gasteiger partial charge in [-0.25, -0.2) is 0 Å². The lowest BCUT2D eigenvalue weighted by molar-refractivity contribution is 0.0713. The Bertz CT molecular complexity index is 1150. The fourth-order valence-electron chi connectivity index (χ4n) is 4.50. The Hall–Kier alpha value is -3.48. The Labute approximate surface area is 199 Å². The first-order valence-electron chi connectivity index (χ1n) is 11.2. The van der Waals surface area contributed by atoms with Crippen LogP contribution >= 0.6 is 11.6 Å². The molecule has 4 rings (SSSR count). The Morgan fingerprint density at radius 2 is 1.85 bits per heavy atom. The molecule has 168 valence electrons. The van der Waals surface area contributed by atoms with E-state index in [1.165, 1.54) is 5.56 Å². The number of hydrogen-bond donors (Lipinski definition) is 2. The number of aryl methyl sites for hydroxylation is 1. The summed E-state index contributed by atoms with van der Waals surface area (Å²) in [5.41, 5.74) is 5.23. The van der Waals surface area contributed by atoms with Crippen molar-refractivity contribution in [2.45, 2.75) is 44.7 Å². The summed E-state index contributed by atoms with van der Waals surface area (Å²) < 4.78 is 0. The first-order chi connectivity index (χ1) is 16.0. The largest absolute Gasteiger partial charge is 0.362 e. The number of nitriles is 2. The number of benzene rings is 2. The molecule has 6 nitrogen and oxygen atoms in total. The number of nitrogens with one attached hydrogen (secondary N) is 2. The Morgan fingerprint density at radius 1 is 1.12 bits per heavy atom. The Balaban J connectivity index is 1.44. The normalized spacial score (nSPS) is 18.3. The number of nitrogens with zero attached hydrogens (tertiary/aromatic N) is 3. The van der Waals surface area contributed by atoms with Gasteiger partial charge >= 0.3 is 0 Å². The molecule has 1 unspecified atom stereocenters. The van der Waals surface area contributed by atoms with Crippen LogP contribution in [0, 0.1) is 29.6 Å². The van der Waals surface area contributed by atoms with Gasteiger partial charge in [-0.15, -0.1) is 0 Å². The number of amides is 1. The topological polar surface area (TPSA) is 92.0 Å². The highest BCUT2D eigenvalue weighted by Crippen LogP contribution is 2.30. The predicted molar refractivity (Wildman–Crippen MR) is 128 cm³/mol. The number of rotatable bonds is 5. The van der Waals surface area contributed by atoms with Gasteiger partial charge in [-0.1, -0.05) is 29.8 Å². The van der Waals surface area contributed by atoms with Crippen molar-refractivity contribution >= 4 is 23.2 Å². The fourth-order valence-corrected chi connectivity index (χ4v) is 4.79. The lowest BCUT2D eigenvalue weighted by atomic mass is 9.88. The lowest BCUT2D eigenvalue weighted by Crippen LogP contribution is -2.38. The molecule has 0 aliphatic carbocycles. The van der Waals surface area contributed by atoms with E-state index in [0.717, 1.165) is 29.7 Å². The summed E-state index contributed by atoms with van der Waals surface area (Å²) in [6.07, 6.45) is 2.78. The van der Waals surface area contributed by atoms with E-state index in [-0.39, 0.29) is 12.1 Å². The second kappa shape index (κ2) is 9.98. The zero-order chi connectivity index (χ0) is 23.4. The van der Waals surface area contributed by atoms with E-state index in [4.69, 9.17) is 22.1 Å². The summed E-state index contributed by atoms with van der Waals surface area (Å²) in [5, 5.41) is 24.9. The van der Waals surface area contributed by atoms with E-state index in [1.807, 2.05) is 54.3 Å². The molecule has 1 atom stereocenters. The summed E-state index contributed by atoms with van der Waals surface area (Å²) in [6.45, 7) is 3.40. The number of piperidine rings is 1. The second-order valence-electron chi connectivity index (χ2n) is 8.56.